The summed E-state index contributed by atoms with van der Waals surface area (Å²) in [6, 6.07) is 18.4. The monoisotopic (exact) mass is 675 g/mol. The third kappa shape index (κ3) is 11.5. The Labute approximate surface area is 290 Å². The summed E-state index contributed by atoms with van der Waals surface area (Å²) in [5, 5.41) is 29.0. The summed E-state index contributed by atoms with van der Waals surface area (Å²) in [6.45, 7) is 11.9. The van der Waals surface area contributed by atoms with Crippen LogP contribution in [0.5, 0.6) is 28.7 Å². The van der Waals surface area contributed by atoms with Gasteiger partial charge in [-0.1, -0.05) is 70.7 Å². The van der Waals surface area contributed by atoms with Crippen molar-refractivity contribution in [3.8, 4) is 28.7 Å². The zero-order valence-corrected chi connectivity index (χ0v) is 29.5. The van der Waals surface area contributed by atoms with Gasteiger partial charge in [0.25, 0.3) is 0 Å². The fourth-order valence-corrected chi connectivity index (χ4v) is 5.53. The molecule has 0 bridgehead atoms. The number of methoxy groups -OCH3 is 3. The van der Waals surface area contributed by atoms with Crippen LogP contribution >= 0.6 is 0 Å². The summed E-state index contributed by atoms with van der Waals surface area (Å²) in [5.41, 5.74) is 1.73. The van der Waals surface area contributed by atoms with Gasteiger partial charge in [-0.15, -0.1) is 0 Å². The Balaban J connectivity index is 1.88. The molecule has 3 rings (SSSR count). The van der Waals surface area contributed by atoms with E-state index in [0.717, 1.165) is 0 Å². The SMILES string of the molecule is C=C(NC(CC(C)C)B(O)O)C(NC(=O)C(Cc1ccc(OC)c(OC)c1OC)NC(=O)Cc1cccc(Oc2ccccc2)c1)C(C)C. The van der Waals surface area contributed by atoms with E-state index < -0.39 is 31.1 Å². The number of nitrogens with one attached hydrogen (secondary N) is 3. The lowest BCUT2D eigenvalue weighted by molar-refractivity contribution is -0.129. The average molecular weight is 676 g/mol. The molecule has 0 spiro atoms. The maximum Gasteiger partial charge on any atom is 0.475 e. The summed E-state index contributed by atoms with van der Waals surface area (Å²) in [7, 11) is 2.88. The lowest BCUT2D eigenvalue weighted by Gasteiger charge is -2.31. The molecule has 49 heavy (non-hydrogen) atoms. The molecule has 264 valence electrons. The third-order valence-corrected chi connectivity index (χ3v) is 7.90. The van der Waals surface area contributed by atoms with Crippen molar-refractivity contribution in [3.05, 3.63) is 90.1 Å². The Hall–Kier alpha value is -4.68. The highest BCUT2D eigenvalue weighted by atomic mass is 16.5. The first-order chi connectivity index (χ1) is 23.4. The molecule has 0 aliphatic carbocycles. The molecule has 12 heteroatoms. The lowest BCUT2D eigenvalue weighted by atomic mass is 9.74. The van der Waals surface area contributed by atoms with E-state index in [-0.39, 0.29) is 30.6 Å². The normalized spacial score (nSPS) is 12.8. The van der Waals surface area contributed by atoms with Crippen molar-refractivity contribution < 1.29 is 38.6 Å². The minimum atomic E-state index is -1.62. The highest BCUT2D eigenvalue weighted by Gasteiger charge is 2.31. The zero-order valence-electron chi connectivity index (χ0n) is 29.5. The first-order valence-electron chi connectivity index (χ1n) is 16.4. The maximum atomic E-state index is 14.1. The third-order valence-electron chi connectivity index (χ3n) is 7.90. The molecule has 2 amide bonds. The van der Waals surface area contributed by atoms with E-state index in [1.165, 1.54) is 21.3 Å². The van der Waals surface area contributed by atoms with Gasteiger partial charge in [-0.05, 0) is 54.2 Å². The fourth-order valence-electron chi connectivity index (χ4n) is 5.53. The van der Waals surface area contributed by atoms with Crippen LogP contribution in [0.4, 0.5) is 0 Å². The number of benzene rings is 3. The van der Waals surface area contributed by atoms with Gasteiger partial charge in [0.1, 0.15) is 17.5 Å². The molecule has 0 aliphatic heterocycles. The number of hydrogen-bond donors (Lipinski definition) is 5. The van der Waals surface area contributed by atoms with Gasteiger partial charge in [0.2, 0.25) is 17.6 Å². The molecule has 3 aromatic carbocycles. The predicted molar refractivity (Wildman–Crippen MR) is 191 cm³/mol. The second kappa shape index (κ2) is 18.8. The van der Waals surface area contributed by atoms with Crippen molar-refractivity contribution in [2.24, 2.45) is 11.8 Å². The summed E-state index contributed by atoms with van der Waals surface area (Å²) in [4.78, 5) is 27.6. The van der Waals surface area contributed by atoms with Crippen molar-refractivity contribution in [1.82, 2.24) is 16.0 Å². The fraction of sp³-hybridized carbons (Fsp3) is 0.405. The Kier molecular flexibility index (Phi) is 14.8. The van der Waals surface area contributed by atoms with E-state index in [4.69, 9.17) is 18.9 Å². The smallest absolute Gasteiger partial charge is 0.475 e. The number of amides is 2. The maximum absolute atomic E-state index is 14.1. The molecule has 0 saturated heterocycles. The summed E-state index contributed by atoms with van der Waals surface area (Å²) in [5.74, 6) is 0.973. The van der Waals surface area contributed by atoms with Crippen LogP contribution in [0.2, 0.25) is 0 Å². The molecule has 0 fully saturated rings. The highest BCUT2D eigenvalue weighted by Crippen LogP contribution is 2.40. The summed E-state index contributed by atoms with van der Waals surface area (Å²) >= 11 is 0. The van der Waals surface area contributed by atoms with Gasteiger partial charge < -0.3 is 44.9 Å². The number of rotatable bonds is 19. The Morgan fingerprint density at radius 2 is 1.49 bits per heavy atom. The molecule has 0 heterocycles. The minimum absolute atomic E-state index is 0.00795. The lowest BCUT2D eigenvalue weighted by Crippen LogP contribution is -2.55. The van der Waals surface area contributed by atoms with Crippen molar-refractivity contribution in [3.63, 3.8) is 0 Å². The largest absolute Gasteiger partial charge is 0.493 e. The number of ether oxygens (including phenoxy) is 4. The van der Waals surface area contributed by atoms with E-state index in [9.17, 15) is 19.6 Å². The van der Waals surface area contributed by atoms with Crippen LogP contribution in [0.15, 0.2) is 79.0 Å². The van der Waals surface area contributed by atoms with Gasteiger partial charge in [-0.2, -0.15) is 0 Å². The number of carbonyl (C=O) groups is 2. The standard InChI is InChI=1S/C37H50BN3O8/c1-23(2)19-32(38(44)45)39-25(5)34(24(3)4)41-37(43)30(22-27-17-18-31(46-6)36(48-8)35(27)47-7)40-33(42)21-26-13-12-16-29(20-26)49-28-14-10-9-11-15-28/h9-18,20,23-24,30,32,34,39,44-45H,5,19,21-22H2,1-4,6-8H3,(H,40,42)(H,41,43). The Bertz CT molecular complexity index is 1530. The van der Waals surface area contributed by atoms with Gasteiger partial charge in [0.05, 0.1) is 39.7 Å². The second-order valence-corrected chi connectivity index (χ2v) is 12.6. The van der Waals surface area contributed by atoms with E-state index in [1.54, 1.807) is 24.3 Å². The topological polar surface area (TPSA) is 148 Å². The molecule has 0 aromatic heterocycles. The number of para-hydroxylation sites is 1. The quantitative estimate of drug-likeness (QED) is 0.116. The Morgan fingerprint density at radius 1 is 0.816 bits per heavy atom. The van der Waals surface area contributed by atoms with E-state index >= 15 is 0 Å². The van der Waals surface area contributed by atoms with Gasteiger partial charge in [0.15, 0.2) is 11.5 Å². The molecule has 5 N–H and O–H groups in total. The first kappa shape index (κ1) is 38.8. The minimum Gasteiger partial charge on any atom is -0.493 e. The summed E-state index contributed by atoms with van der Waals surface area (Å²) < 4.78 is 22.6. The highest BCUT2D eigenvalue weighted by molar-refractivity contribution is 6.43. The Morgan fingerprint density at radius 3 is 2.08 bits per heavy atom. The molecule has 3 unspecified atom stereocenters. The van der Waals surface area contributed by atoms with Gasteiger partial charge >= 0.3 is 7.12 Å². The second-order valence-electron chi connectivity index (χ2n) is 12.6. The van der Waals surface area contributed by atoms with Crippen LogP contribution in [0.1, 0.15) is 45.2 Å². The van der Waals surface area contributed by atoms with Crippen LogP contribution < -0.4 is 34.9 Å². The first-order valence-corrected chi connectivity index (χ1v) is 16.4. The average Bonchev–Trinajstić information content (AvgIpc) is 3.06. The molecule has 3 atom stereocenters. The van der Waals surface area contributed by atoms with Crippen molar-refractivity contribution >= 4 is 18.9 Å². The molecule has 0 saturated carbocycles. The predicted octanol–water partition coefficient (Wildman–Crippen LogP) is 4.45. The van der Waals surface area contributed by atoms with Gasteiger partial charge in [-0.3, -0.25) is 9.59 Å². The van der Waals surface area contributed by atoms with Gasteiger partial charge in [-0.25, -0.2) is 0 Å². The van der Waals surface area contributed by atoms with Crippen molar-refractivity contribution in [2.75, 3.05) is 21.3 Å². The molecule has 3 aromatic rings. The number of hydrogen-bond acceptors (Lipinski definition) is 9. The van der Waals surface area contributed by atoms with Crippen LogP contribution in [-0.4, -0.2) is 68.3 Å². The molecule has 0 radical (unpaired) electrons. The molecule has 0 aliphatic rings. The van der Waals surface area contributed by atoms with Crippen molar-refractivity contribution in [2.45, 2.75) is 65.0 Å². The van der Waals surface area contributed by atoms with Crippen LogP contribution in [-0.2, 0) is 22.4 Å². The van der Waals surface area contributed by atoms with E-state index in [1.807, 2.05) is 70.2 Å². The van der Waals surface area contributed by atoms with Crippen LogP contribution in [0.25, 0.3) is 0 Å². The zero-order chi connectivity index (χ0) is 36.1. The van der Waals surface area contributed by atoms with Crippen LogP contribution in [0, 0.1) is 11.8 Å². The molecular formula is C37H50BN3O8. The van der Waals surface area contributed by atoms with E-state index in [2.05, 4.69) is 22.5 Å². The molecular weight excluding hydrogens is 625 g/mol. The van der Waals surface area contributed by atoms with Crippen LogP contribution in [0.3, 0.4) is 0 Å². The van der Waals surface area contributed by atoms with Crippen molar-refractivity contribution in [1.29, 1.82) is 0 Å². The molecule has 11 nitrogen and oxygen atoms in total. The summed E-state index contributed by atoms with van der Waals surface area (Å²) in [6.07, 6.45) is 0.533. The van der Waals surface area contributed by atoms with Gasteiger partial charge in [0, 0.05) is 17.7 Å². The number of carbonyl (C=O) groups excluding carboxylic acids is 2. The van der Waals surface area contributed by atoms with E-state index in [0.29, 0.717) is 52.0 Å².